The molecule has 0 aromatic carbocycles. The van der Waals surface area contributed by atoms with Crippen LogP contribution in [0.1, 0.15) is 74.1 Å². The minimum absolute atomic E-state index is 0.504. The van der Waals surface area contributed by atoms with Gasteiger partial charge in [0, 0.05) is 6.92 Å². The van der Waals surface area contributed by atoms with Crippen LogP contribution in [-0.2, 0) is 33.3 Å². The Morgan fingerprint density at radius 1 is 0.821 bits per heavy atom. The maximum absolute atomic E-state index is 12.1. The third-order valence-electron chi connectivity index (χ3n) is 8.12. The number of carboxylic acids is 1. The fourth-order valence-electron chi connectivity index (χ4n) is 4.60. The fourth-order valence-corrected chi connectivity index (χ4v) is 4.60. The highest BCUT2D eigenvalue weighted by atomic mass is 16.7. The molecular weight excluding hydrogens is 518 g/mol. The molecule has 2 aliphatic heterocycles. The van der Waals surface area contributed by atoms with Crippen molar-refractivity contribution in [3.63, 3.8) is 0 Å². The van der Waals surface area contributed by atoms with E-state index in [1.54, 1.807) is 6.92 Å². The van der Waals surface area contributed by atoms with Crippen LogP contribution in [0.3, 0.4) is 0 Å². The lowest BCUT2D eigenvalue weighted by Crippen LogP contribution is -2.69. The van der Waals surface area contributed by atoms with E-state index in [0.717, 1.165) is 0 Å². The van der Waals surface area contributed by atoms with Crippen LogP contribution in [0.25, 0.3) is 0 Å². The zero-order chi connectivity index (χ0) is 29.7. The molecule has 2 heterocycles. The quantitative estimate of drug-likeness (QED) is 0.176. The molecule has 0 radical (unpaired) electrons. The lowest BCUT2D eigenvalue weighted by atomic mass is 9.93. The smallest absolute Gasteiger partial charge is 0.335 e. The topological polar surface area (TPSA) is 193 Å². The van der Waals surface area contributed by atoms with Crippen molar-refractivity contribution in [3.05, 3.63) is 0 Å². The predicted molar refractivity (Wildman–Crippen MR) is 136 cm³/mol. The molecule has 0 spiro atoms. The first-order chi connectivity index (χ1) is 18.2. The Hall–Kier alpha value is -1.42. The van der Waals surface area contributed by atoms with Crippen molar-refractivity contribution >= 4 is 11.9 Å². The van der Waals surface area contributed by atoms with E-state index in [0.29, 0.717) is 25.7 Å². The molecule has 0 aromatic heterocycles. The average molecular weight is 566 g/mol. The number of ether oxygens (including phenoxy) is 5. The maximum Gasteiger partial charge on any atom is 0.335 e. The molecular formula is C26H47NO12. The summed E-state index contributed by atoms with van der Waals surface area (Å²) in [4.78, 5) is 24.3. The molecule has 2 fully saturated rings. The number of carboxylic acid groups (broad SMARTS) is 1. The number of hydrogen-bond acceptors (Lipinski definition) is 11. The minimum atomic E-state index is -1.78. The van der Waals surface area contributed by atoms with Gasteiger partial charge < -0.3 is 54.5 Å². The molecule has 13 heteroatoms. The average Bonchev–Trinajstić information content (AvgIpc) is 2.90. The van der Waals surface area contributed by atoms with Crippen LogP contribution >= 0.6 is 0 Å². The Labute approximate surface area is 229 Å². The van der Waals surface area contributed by atoms with Crippen molar-refractivity contribution in [3.8, 4) is 0 Å². The minimum Gasteiger partial charge on any atom is -0.479 e. The normalized spacial score (nSPS) is 36.0. The Morgan fingerprint density at radius 3 is 1.82 bits per heavy atom. The predicted octanol–water partition coefficient (Wildman–Crippen LogP) is 0.0449. The van der Waals surface area contributed by atoms with Gasteiger partial charge in [-0.3, -0.25) is 4.79 Å². The largest absolute Gasteiger partial charge is 0.479 e. The monoisotopic (exact) mass is 565 g/mol. The summed E-state index contributed by atoms with van der Waals surface area (Å²) < 4.78 is 29.5. The van der Waals surface area contributed by atoms with Crippen molar-refractivity contribution in [1.82, 2.24) is 5.32 Å². The van der Waals surface area contributed by atoms with Crippen LogP contribution < -0.4 is 5.32 Å². The van der Waals surface area contributed by atoms with Crippen molar-refractivity contribution in [2.24, 2.45) is 0 Å². The van der Waals surface area contributed by atoms with E-state index in [-0.39, 0.29) is 0 Å². The highest BCUT2D eigenvalue weighted by Gasteiger charge is 2.55. The third-order valence-corrected chi connectivity index (χ3v) is 8.12. The molecule has 1 amide bonds. The first-order valence-corrected chi connectivity index (χ1v) is 13.7. The van der Waals surface area contributed by atoms with Gasteiger partial charge in [-0.05, 0) is 39.5 Å². The van der Waals surface area contributed by atoms with E-state index in [2.05, 4.69) is 5.32 Å². The first kappa shape index (κ1) is 33.8. The van der Waals surface area contributed by atoms with E-state index in [1.165, 1.54) is 6.92 Å². The van der Waals surface area contributed by atoms with Crippen LogP contribution in [0.2, 0.25) is 0 Å². The van der Waals surface area contributed by atoms with E-state index in [9.17, 15) is 35.1 Å². The van der Waals surface area contributed by atoms with E-state index in [4.69, 9.17) is 23.7 Å². The second-order valence-electron chi connectivity index (χ2n) is 10.8. The molecule has 0 aliphatic carbocycles. The zero-order valence-corrected chi connectivity index (χ0v) is 23.9. The van der Waals surface area contributed by atoms with E-state index in [1.807, 2.05) is 34.6 Å². The Kier molecular flexibility index (Phi) is 12.1. The summed E-state index contributed by atoms with van der Waals surface area (Å²) in [6, 6.07) is -1.15. The van der Waals surface area contributed by atoms with Crippen molar-refractivity contribution in [1.29, 1.82) is 0 Å². The lowest BCUT2D eigenvalue weighted by molar-refractivity contribution is -0.354. The Balaban J connectivity index is 2.41. The van der Waals surface area contributed by atoms with Crippen molar-refractivity contribution in [2.45, 2.75) is 147 Å². The van der Waals surface area contributed by atoms with Gasteiger partial charge in [0.1, 0.15) is 42.7 Å². The van der Waals surface area contributed by atoms with E-state index < -0.39 is 91.0 Å². The number of carbonyl (C=O) groups is 2. The van der Waals surface area contributed by atoms with Crippen LogP contribution in [-0.4, -0.2) is 117 Å². The molecule has 0 saturated carbocycles. The Morgan fingerprint density at radius 2 is 1.36 bits per heavy atom. The number of rotatable bonds is 13. The lowest BCUT2D eigenvalue weighted by Gasteiger charge is -2.49. The summed E-state index contributed by atoms with van der Waals surface area (Å²) in [5.41, 5.74) is -1.47. The summed E-state index contributed by atoms with van der Waals surface area (Å²) >= 11 is 0. The number of amides is 1. The van der Waals surface area contributed by atoms with Gasteiger partial charge >= 0.3 is 5.97 Å². The Bertz CT molecular complexity index is 804. The van der Waals surface area contributed by atoms with E-state index >= 15 is 0 Å². The highest BCUT2D eigenvalue weighted by molar-refractivity contribution is 5.74. The first-order valence-electron chi connectivity index (χ1n) is 13.7. The summed E-state index contributed by atoms with van der Waals surface area (Å²) in [5, 5.41) is 55.3. The van der Waals surface area contributed by atoms with Gasteiger partial charge in [-0.2, -0.15) is 0 Å². The highest BCUT2D eigenvalue weighted by Crippen LogP contribution is 2.35. The zero-order valence-electron chi connectivity index (χ0n) is 23.9. The number of nitrogens with one attached hydrogen (secondary N) is 1. The van der Waals surface area contributed by atoms with Gasteiger partial charge in [-0.25, -0.2) is 4.79 Å². The van der Waals surface area contributed by atoms with Crippen LogP contribution in [0.5, 0.6) is 0 Å². The summed E-state index contributed by atoms with van der Waals surface area (Å²) in [7, 11) is 0. The SMILES string of the molecule is CCC(C)(CC)OC1OC(CO)C(O)C(OC2OC(C(=O)O)C(OC(C)(CC)CC)C(O)C2O)C1NC(C)=O. The molecule has 10 atom stereocenters. The van der Waals surface area contributed by atoms with Crippen molar-refractivity contribution < 1.29 is 58.8 Å². The van der Waals surface area contributed by atoms with Crippen molar-refractivity contribution in [2.75, 3.05) is 6.61 Å². The number of aliphatic hydroxyl groups is 4. The summed E-state index contributed by atoms with van der Waals surface area (Å²) in [6.45, 7) is 11.7. The molecule has 13 nitrogen and oxygen atoms in total. The molecule has 39 heavy (non-hydrogen) atoms. The third kappa shape index (κ3) is 7.86. The van der Waals surface area contributed by atoms with Gasteiger partial charge in [-0.15, -0.1) is 0 Å². The number of carbonyl (C=O) groups excluding carboxylic acids is 1. The van der Waals surface area contributed by atoms with Crippen LogP contribution in [0.4, 0.5) is 0 Å². The molecule has 0 bridgehead atoms. The second-order valence-corrected chi connectivity index (χ2v) is 10.8. The standard InChI is InChI=1S/C26H47NO12/c1-8-25(6,9-2)38-20-17(31)18(32)24(37-21(20)22(33)34)36-19-15(27-13(5)29)23(35-14(12-28)16(19)30)39-26(7,10-3)11-4/h14-21,23-24,28,30-32H,8-12H2,1-7H3,(H,27,29)(H,33,34). The molecule has 228 valence electrons. The molecule has 10 unspecified atom stereocenters. The van der Waals surface area contributed by atoms with Gasteiger partial charge in [-0.1, -0.05) is 27.7 Å². The maximum atomic E-state index is 12.1. The number of aliphatic carboxylic acids is 1. The second kappa shape index (κ2) is 14.0. The fraction of sp³-hybridized carbons (Fsp3) is 0.923. The molecule has 2 aliphatic rings. The summed E-state index contributed by atoms with van der Waals surface area (Å²) in [5.74, 6) is -1.95. The number of aliphatic hydroxyl groups excluding tert-OH is 4. The number of hydrogen-bond donors (Lipinski definition) is 6. The van der Waals surface area contributed by atoms with Crippen LogP contribution in [0.15, 0.2) is 0 Å². The van der Waals surface area contributed by atoms with Gasteiger partial charge in [0.15, 0.2) is 18.7 Å². The van der Waals surface area contributed by atoms with Crippen LogP contribution in [0, 0.1) is 0 Å². The van der Waals surface area contributed by atoms with Gasteiger partial charge in [0.2, 0.25) is 5.91 Å². The molecule has 0 aromatic rings. The molecule has 6 N–H and O–H groups in total. The van der Waals surface area contributed by atoms with Gasteiger partial charge in [0.25, 0.3) is 0 Å². The summed E-state index contributed by atoms with van der Waals surface area (Å²) in [6.07, 6.45) is -11.5. The molecule has 2 saturated heterocycles. The molecule has 2 rings (SSSR count). The van der Waals surface area contributed by atoms with Gasteiger partial charge in [0.05, 0.1) is 17.8 Å².